The minimum atomic E-state index is -0.836. The van der Waals surface area contributed by atoms with Gasteiger partial charge >= 0.3 is 5.97 Å². The van der Waals surface area contributed by atoms with Crippen LogP contribution in [-0.4, -0.2) is 34.2 Å². The van der Waals surface area contributed by atoms with Gasteiger partial charge in [0.15, 0.2) is 0 Å². The van der Waals surface area contributed by atoms with Crippen LogP contribution in [0.1, 0.15) is 63.0 Å². The van der Waals surface area contributed by atoms with Crippen molar-refractivity contribution in [2.24, 2.45) is 0 Å². The Morgan fingerprint density at radius 3 is 2.60 bits per heavy atom. The second kappa shape index (κ2) is 13.1. The van der Waals surface area contributed by atoms with Crippen molar-refractivity contribution in [3.8, 4) is 5.75 Å². The predicted molar refractivity (Wildman–Crippen MR) is 106 cm³/mol. The average molecular weight is 368 g/mol. The highest BCUT2D eigenvalue weighted by atomic mass is 32.2. The van der Waals surface area contributed by atoms with Gasteiger partial charge in [-0.1, -0.05) is 51.2 Å². The van der Waals surface area contributed by atoms with Gasteiger partial charge in [0.2, 0.25) is 0 Å². The molecule has 0 unspecified atom stereocenters. The fraction of sp³-hybridized carbons (Fsp3) is 0.650. The van der Waals surface area contributed by atoms with Crippen molar-refractivity contribution in [2.45, 2.75) is 70.9 Å². The number of aryl methyl sites for hydroxylation is 1. The van der Waals surface area contributed by atoms with E-state index in [1.54, 1.807) is 17.8 Å². The Kier molecular flexibility index (Phi) is 11.4. The summed E-state index contributed by atoms with van der Waals surface area (Å²) < 4.78 is 0. The molecule has 0 aliphatic heterocycles. The number of carbonyl (C=O) groups is 1. The van der Waals surface area contributed by atoms with E-state index < -0.39 is 12.0 Å². The summed E-state index contributed by atoms with van der Waals surface area (Å²) in [6.07, 6.45) is 11.1. The molecule has 0 bridgehead atoms. The molecular formula is C20H33NO3S. The number of aliphatic carboxylic acids is 1. The fourth-order valence-electron chi connectivity index (χ4n) is 2.83. The number of rotatable bonds is 14. The summed E-state index contributed by atoms with van der Waals surface area (Å²) in [5.41, 5.74) is 1.99. The van der Waals surface area contributed by atoms with Crippen LogP contribution in [0.2, 0.25) is 0 Å². The first-order valence-electron chi connectivity index (χ1n) is 9.34. The van der Waals surface area contributed by atoms with Gasteiger partial charge in [-0.05, 0) is 42.9 Å². The zero-order chi connectivity index (χ0) is 18.5. The SMILES string of the molecule is CCCCCCCCc1ccc(O)c(CN[C@@H](CCSC)C(=O)O)c1. The number of unbranched alkanes of at least 4 members (excludes halogenated alkanes) is 5. The number of benzene rings is 1. The van der Waals surface area contributed by atoms with Crippen LogP contribution in [-0.2, 0) is 17.8 Å². The third kappa shape index (κ3) is 9.17. The lowest BCUT2D eigenvalue weighted by Gasteiger charge is -2.15. The summed E-state index contributed by atoms with van der Waals surface area (Å²) in [7, 11) is 0. The minimum absolute atomic E-state index is 0.230. The molecule has 0 aliphatic rings. The zero-order valence-corrected chi connectivity index (χ0v) is 16.4. The highest BCUT2D eigenvalue weighted by molar-refractivity contribution is 7.98. The maximum atomic E-state index is 11.3. The van der Waals surface area contributed by atoms with Crippen LogP contribution < -0.4 is 5.32 Å². The van der Waals surface area contributed by atoms with Gasteiger partial charge in [0.1, 0.15) is 11.8 Å². The van der Waals surface area contributed by atoms with Gasteiger partial charge < -0.3 is 15.5 Å². The van der Waals surface area contributed by atoms with Gasteiger partial charge in [-0.2, -0.15) is 11.8 Å². The van der Waals surface area contributed by atoms with Crippen molar-refractivity contribution < 1.29 is 15.0 Å². The summed E-state index contributed by atoms with van der Waals surface area (Å²) in [5.74, 6) is 0.193. The van der Waals surface area contributed by atoms with E-state index >= 15 is 0 Å². The number of phenolic OH excluding ortho intramolecular Hbond substituents is 1. The van der Waals surface area contributed by atoms with Crippen molar-refractivity contribution in [3.05, 3.63) is 29.3 Å². The molecule has 142 valence electrons. The Bertz CT molecular complexity index is 508. The summed E-state index contributed by atoms with van der Waals surface area (Å²) >= 11 is 1.64. The standard InChI is InChI=1S/C20H33NO3S/c1-3-4-5-6-7-8-9-16-10-11-19(22)17(14-16)15-21-18(20(23)24)12-13-25-2/h10-11,14,18,21-22H,3-9,12-13,15H2,1-2H3,(H,23,24)/t18-/m0/s1. The average Bonchev–Trinajstić information content (AvgIpc) is 2.59. The number of carboxylic acid groups (broad SMARTS) is 1. The van der Waals surface area contributed by atoms with Crippen molar-refractivity contribution in [1.82, 2.24) is 5.32 Å². The van der Waals surface area contributed by atoms with Gasteiger partial charge in [0.05, 0.1) is 0 Å². The Morgan fingerprint density at radius 1 is 1.20 bits per heavy atom. The van der Waals surface area contributed by atoms with Crippen molar-refractivity contribution >= 4 is 17.7 Å². The predicted octanol–water partition coefficient (Wildman–Crippen LogP) is 4.59. The van der Waals surface area contributed by atoms with Crippen LogP contribution in [0, 0.1) is 0 Å². The fourth-order valence-corrected chi connectivity index (χ4v) is 3.30. The van der Waals surface area contributed by atoms with Crippen LogP contribution >= 0.6 is 11.8 Å². The highest BCUT2D eigenvalue weighted by Gasteiger charge is 2.16. The second-order valence-electron chi connectivity index (χ2n) is 6.53. The first-order chi connectivity index (χ1) is 12.1. The molecule has 1 aromatic carbocycles. The van der Waals surface area contributed by atoms with Gasteiger partial charge in [-0.3, -0.25) is 4.79 Å². The topological polar surface area (TPSA) is 69.6 Å². The number of thioether (sulfide) groups is 1. The van der Waals surface area contributed by atoms with Gasteiger partial charge in [-0.15, -0.1) is 0 Å². The summed E-state index contributed by atoms with van der Waals surface area (Å²) in [4.78, 5) is 11.3. The molecular weight excluding hydrogens is 334 g/mol. The maximum absolute atomic E-state index is 11.3. The molecule has 5 heteroatoms. The van der Waals surface area contributed by atoms with E-state index in [4.69, 9.17) is 0 Å². The van der Waals surface area contributed by atoms with Crippen LogP contribution in [0.15, 0.2) is 18.2 Å². The van der Waals surface area contributed by atoms with Gasteiger partial charge in [-0.25, -0.2) is 0 Å². The van der Waals surface area contributed by atoms with Crippen molar-refractivity contribution in [1.29, 1.82) is 0 Å². The molecule has 0 radical (unpaired) electrons. The summed E-state index contributed by atoms with van der Waals surface area (Å²) in [5, 5.41) is 22.4. The third-order valence-electron chi connectivity index (χ3n) is 4.41. The maximum Gasteiger partial charge on any atom is 0.320 e. The van der Waals surface area contributed by atoms with E-state index in [1.807, 2.05) is 18.4 Å². The summed E-state index contributed by atoms with van der Waals surface area (Å²) in [6.45, 7) is 2.60. The monoisotopic (exact) mass is 367 g/mol. The second-order valence-corrected chi connectivity index (χ2v) is 7.52. The zero-order valence-electron chi connectivity index (χ0n) is 15.6. The third-order valence-corrected chi connectivity index (χ3v) is 5.05. The van der Waals surface area contributed by atoms with E-state index in [-0.39, 0.29) is 5.75 Å². The molecule has 0 spiro atoms. The number of phenols is 1. The van der Waals surface area contributed by atoms with E-state index in [1.165, 1.54) is 37.7 Å². The molecule has 1 rings (SSSR count). The molecule has 25 heavy (non-hydrogen) atoms. The molecule has 0 fully saturated rings. The number of carboxylic acids is 1. The Hall–Kier alpha value is -1.20. The van der Waals surface area contributed by atoms with Crippen LogP contribution in [0.4, 0.5) is 0 Å². The highest BCUT2D eigenvalue weighted by Crippen LogP contribution is 2.20. The van der Waals surface area contributed by atoms with Crippen LogP contribution in [0.5, 0.6) is 5.75 Å². The molecule has 0 saturated heterocycles. The Labute approximate surface area is 156 Å². The first-order valence-corrected chi connectivity index (χ1v) is 10.7. The lowest BCUT2D eigenvalue weighted by molar-refractivity contribution is -0.139. The van der Waals surface area contributed by atoms with Gasteiger partial charge in [0, 0.05) is 12.1 Å². The number of nitrogens with one attached hydrogen (secondary N) is 1. The molecule has 0 aromatic heterocycles. The molecule has 3 N–H and O–H groups in total. The number of aromatic hydroxyl groups is 1. The minimum Gasteiger partial charge on any atom is -0.508 e. The number of hydrogen-bond acceptors (Lipinski definition) is 4. The van der Waals surface area contributed by atoms with E-state index in [2.05, 4.69) is 12.2 Å². The molecule has 0 amide bonds. The molecule has 4 nitrogen and oxygen atoms in total. The van der Waals surface area contributed by atoms with Crippen molar-refractivity contribution in [2.75, 3.05) is 12.0 Å². The number of hydrogen-bond donors (Lipinski definition) is 3. The van der Waals surface area contributed by atoms with E-state index in [0.29, 0.717) is 13.0 Å². The van der Waals surface area contributed by atoms with Gasteiger partial charge in [0.25, 0.3) is 0 Å². The van der Waals surface area contributed by atoms with E-state index in [9.17, 15) is 15.0 Å². The quantitative estimate of drug-likeness (QED) is 0.420. The van der Waals surface area contributed by atoms with Crippen LogP contribution in [0.25, 0.3) is 0 Å². The molecule has 1 atom stereocenters. The summed E-state index contributed by atoms with van der Waals surface area (Å²) in [6, 6.07) is 5.12. The normalized spacial score (nSPS) is 12.2. The van der Waals surface area contributed by atoms with Crippen LogP contribution in [0.3, 0.4) is 0 Å². The molecule has 0 aliphatic carbocycles. The lowest BCUT2D eigenvalue weighted by Crippen LogP contribution is -2.36. The molecule has 1 aromatic rings. The lowest BCUT2D eigenvalue weighted by atomic mass is 10.0. The Balaban J connectivity index is 2.49. The first kappa shape index (κ1) is 21.8. The van der Waals surface area contributed by atoms with Crippen molar-refractivity contribution in [3.63, 3.8) is 0 Å². The smallest absolute Gasteiger partial charge is 0.320 e. The largest absolute Gasteiger partial charge is 0.508 e. The molecule has 0 heterocycles. The Morgan fingerprint density at radius 2 is 1.92 bits per heavy atom. The van der Waals surface area contributed by atoms with E-state index in [0.717, 1.165) is 24.2 Å². The molecule has 0 saturated carbocycles.